The van der Waals surface area contributed by atoms with Gasteiger partial charge in [-0.2, -0.15) is 0 Å². The number of aromatic nitrogens is 1. The Labute approximate surface area is 184 Å². The highest BCUT2D eigenvalue weighted by Gasteiger charge is 2.24. The summed E-state index contributed by atoms with van der Waals surface area (Å²) in [5, 5.41) is 6.50. The van der Waals surface area contributed by atoms with Crippen molar-refractivity contribution in [3.63, 3.8) is 0 Å². The number of anilines is 1. The van der Waals surface area contributed by atoms with Gasteiger partial charge < -0.3 is 5.32 Å². The molecule has 6 heteroatoms. The van der Waals surface area contributed by atoms with Crippen LogP contribution in [0.15, 0.2) is 59.6 Å². The molecular formula is C23H24BrN3OS. The van der Waals surface area contributed by atoms with E-state index in [2.05, 4.69) is 44.2 Å². The molecule has 0 aliphatic carbocycles. The molecule has 0 aliphatic rings. The number of hydrogen-bond acceptors (Lipinski definition) is 3. The van der Waals surface area contributed by atoms with E-state index in [1.54, 1.807) is 0 Å². The van der Waals surface area contributed by atoms with E-state index in [0.29, 0.717) is 5.13 Å². The van der Waals surface area contributed by atoms with Gasteiger partial charge in [0.1, 0.15) is 0 Å². The molecule has 0 bridgehead atoms. The van der Waals surface area contributed by atoms with E-state index in [9.17, 15) is 4.79 Å². The van der Waals surface area contributed by atoms with Crippen molar-refractivity contribution in [2.75, 3.05) is 5.32 Å². The number of nitrogens with one attached hydrogen (secondary N) is 2. The average Bonchev–Trinajstić information content (AvgIpc) is 3.02. The second kappa shape index (κ2) is 8.51. The lowest BCUT2D eigenvalue weighted by molar-refractivity contribution is 0.242. The first-order valence-corrected chi connectivity index (χ1v) is 10.9. The number of halogens is 1. The van der Waals surface area contributed by atoms with E-state index in [1.807, 2.05) is 70.2 Å². The van der Waals surface area contributed by atoms with Crippen LogP contribution in [-0.4, -0.2) is 11.0 Å². The van der Waals surface area contributed by atoms with Gasteiger partial charge >= 0.3 is 6.03 Å². The van der Waals surface area contributed by atoms with Crippen LogP contribution in [0.4, 0.5) is 9.93 Å². The molecule has 0 saturated heterocycles. The SMILES string of the molecule is C=C(C)c1cccc(C(C)(C)NC(=O)Nc2nc(-c3ccc(Br)cc3)c(C)s2)c1. The van der Waals surface area contributed by atoms with Crippen LogP contribution >= 0.6 is 27.3 Å². The summed E-state index contributed by atoms with van der Waals surface area (Å²) in [6, 6.07) is 15.8. The standard InChI is InChI=1S/C23H24BrN3OS/c1-14(2)17-7-6-8-18(13-17)23(4,5)27-21(28)26-22-25-20(15(3)29-22)16-9-11-19(24)12-10-16/h6-13H,1H2,2-5H3,(H2,25,26,27,28). The van der Waals surface area contributed by atoms with E-state index in [4.69, 9.17) is 0 Å². The average molecular weight is 470 g/mol. The third kappa shape index (κ3) is 5.14. The van der Waals surface area contributed by atoms with Gasteiger partial charge in [-0.25, -0.2) is 9.78 Å². The zero-order valence-electron chi connectivity index (χ0n) is 17.0. The van der Waals surface area contributed by atoms with E-state index < -0.39 is 5.54 Å². The molecule has 1 heterocycles. The zero-order valence-corrected chi connectivity index (χ0v) is 19.4. The van der Waals surface area contributed by atoms with Gasteiger partial charge in [0, 0.05) is 14.9 Å². The van der Waals surface area contributed by atoms with Crippen molar-refractivity contribution in [1.29, 1.82) is 0 Å². The van der Waals surface area contributed by atoms with E-state index in [1.165, 1.54) is 11.3 Å². The Morgan fingerprint density at radius 1 is 1.17 bits per heavy atom. The van der Waals surface area contributed by atoms with Crippen LogP contribution < -0.4 is 10.6 Å². The maximum atomic E-state index is 12.6. The number of carbonyl (C=O) groups is 1. The Hall–Kier alpha value is -2.44. The first-order chi connectivity index (χ1) is 13.7. The van der Waals surface area contributed by atoms with Crippen LogP contribution in [0.1, 0.15) is 36.8 Å². The molecule has 0 saturated carbocycles. The number of urea groups is 1. The number of rotatable bonds is 5. The van der Waals surface area contributed by atoms with Crippen molar-refractivity contribution in [2.24, 2.45) is 0 Å². The summed E-state index contributed by atoms with van der Waals surface area (Å²) in [6.07, 6.45) is 0. The molecule has 2 amide bonds. The predicted molar refractivity (Wildman–Crippen MR) is 126 cm³/mol. The normalized spacial score (nSPS) is 11.2. The van der Waals surface area contributed by atoms with Gasteiger partial charge in [0.2, 0.25) is 0 Å². The predicted octanol–water partition coefficient (Wildman–Crippen LogP) is 6.97. The number of benzene rings is 2. The number of carbonyl (C=O) groups excluding carboxylic acids is 1. The second-order valence-corrected chi connectivity index (χ2v) is 9.61. The number of hydrogen-bond donors (Lipinski definition) is 2. The first-order valence-electron chi connectivity index (χ1n) is 9.24. The largest absolute Gasteiger partial charge is 0.329 e. The van der Waals surface area contributed by atoms with Gasteiger partial charge in [0.05, 0.1) is 11.2 Å². The molecule has 2 aromatic carbocycles. The summed E-state index contributed by atoms with van der Waals surface area (Å²) in [6.45, 7) is 11.9. The smallest absolute Gasteiger partial charge is 0.321 e. The molecule has 29 heavy (non-hydrogen) atoms. The molecule has 4 nitrogen and oxygen atoms in total. The Bertz CT molecular complexity index is 1050. The lowest BCUT2D eigenvalue weighted by Gasteiger charge is -2.27. The van der Waals surface area contributed by atoms with Crippen LogP contribution in [0, 0.1) is 6.92 Å². The lowest BCUT2D eigenvalue weighted by Crippen LogP contribution is -2.43. The molecule has 0 spiro atoms. The number of thiazole rings is 1. The van der Waals surface area contributed by atoms with E-state index in [0.717, 1.165) is 37.3 Å². The van der Waals surface area contributed by atoms with E-state index >= 15 is 0 Å². The minimum Gasteiger partial charge on any atom is -0.329 e. The zero-order chi connectivity index (χ0) is 21.2. The Balaban J connectivity index is 1.73. The minimum atomic E-state index is -0.545. The van der Waals surface area contributed by atoms with Crippen LogP contribution in [-0.2, 0) is 5.54 Å². The summed E-state index contributed by atoms with van der Waals surface area (Å²) in [5.74, 6) is 0. The number of allylic oxidation sites excluding steroid dienone is 1. The van der Waals surface area contributed by atoms with Crippen molar-refractivity contribution in [1.82, 2.24) is 10.3 Å². The van der Waals surface area contributed by atoms with Crippen LogP contribution in [0.5, 0.6) is 0 Å². The highest BCUT2D eigenvalue weighted by Crippen LogP contribution is 2.31. The van der Waals surface area contributed by atoms with Crippen molar-refractivity contribution in [3.8, 4) is 11.3 Å². The molecule has 0 fully saturated rings. The molecular weight excluding hydrogens is 446 g/mol. The third-order valence-electron chi connectivity index (χ3n) is 4.64. The van der Waals surface area contributed by atoms with Gasteiger partial charge in [0.25, 0.3) is 0 Å². The third-order valence-corrected chi connectivity index (χ3v) is 6.05. The summed E-state index contributed by atoms with van der Waals surface area (Å²) in [4.78, 5) is 18.3. The fourth-order valence-corrected chi connectivity index (χ4v) is 4.08. The van der Waals surface area contributed by atoms with Crippen molar-refractivity contribution in [2.45, 2.75) is 33.2 Å². The first kappa shape index (κ1) is 21.3. The second-order valence-electron chi connectivity index (χ2n) is 7.50. The quantitative estimate of drug-likeness (QED) is 0.423. The molecule has 0 radical (unpaired) electrons. The Kier molecular flexibility index (Phi) is 6.24. The summed E-state index contributed by atoms with van der Waals surface area (Å²) >= 11 is 4.91. The number of aryl methyl sites for hydroxylation is 1. The summed E-state index contributed by atoms with van der Waals surface area (Å²) in [5.41, 5.74) is 4.42. The van der Waals surface area contributed by atoms with Gasteiger partial charge in [-0.3, -0.25) is 5.32 Å². The minimum absolute atomic E-state index is 0.285. The van der Waals surface area contributed by atoms with Crippen LogP contribution in [0.3, 0.4) is 0 Å². The highest BCUT2D eigenvalue weighted by atomic mass is 79.9. The van der Waals surface area contributed by atoms with Crippen LogP contribution in [0.25, 0.3) is 16.8 Å². The molecule has 3 aromatic rings. The van der Waals surface area contributed by atoms with Gasteiger partial charge in [-0.1, -0.05) is 58.4 Å². The maximum absolute atomic E-state index is 12.6. The molecule has 0 atom stereocenters. The lowest BCUT2D eigenvalue weighted by atomic mass is 9.92. The van der Waals surface area contributed by atoms with Crippen molar-refractivity contribution in [3.05, 3.63) is 75.6 Å². The summed E-state index contributed by atoms with van der Waals surface area (Å²) in [7, 11) is 0. The molecule has 0 unspecified atom stereocenters. The van der Waals surface area contributed by atoms with Crippen molar-refractivity contribution >= 4 is 44.0 Å². The van der Waals surface area contributed by atoms with Crippen molar-refractivity contribution < 1.29 is 4.79 Å². The van der Waals surface area contributed by atoms with Gasteiger partial charge in [-0.05, 0) is 57.0 Å². The maximum Gasteiger partial charge on any atom is 0.321 e. The molecule has 150 valence electrons. The van der Waals surface area contributed by atoms with E-state index in [-0.39, 0.29) is 6.03 Å². The number of amides is 2. The van der Waals surface area contributed by atoms with Gasteiger partial charge in [-0.15, -0.1) is 11.3 Å². The fraction of sp³-hybridized carbons (Fsp3) is 0.217. The summed E-state index contributed by atoms with van der Waals surface area (Å²) < 4.78 is 1.02. The van der Waals surface area contributed by atoms with Crippen LogP contribution in [0.2, 0.25) is 0 Å². The Morgan fingerprint density at radius 2 is 1.86 bits per heavy atom. The van der Waals surface area contributed by atoms with Gasteiger partial charge in [0.15, 0.2) is 5.13 Å². The monoisotopic (exact) mass is 469 g/mol. The molecule has 0 aliphatic heterocycles. The number of nitrogens with zero attached hydrogens (tertiary/aromatic N) is 1. The molecule has 2 N–H and O–H groups in total. The Morgan fingerprint density at radius 3 is 2.52 bits per heavy atom. The highest BCUT2D eigenvalue weighted by molar-refractivity contribution is 9.10. The molecule has 3 rings (SSSR count). The molecule has 1 aromatic heterocycles. The topological polar surface area (TPSA) is 54.0 Å². The fourth-order valence-electron chi connectivity index (χ4n) is 2.98.